The molecule has 0 saturated carbocycles. The molecule has 0 spiro atoms. The Kier molecular flexibility index (Phi) is 7.12. The van der Waals surface area contributed by atoms with Crippen LogP contribution in [0.2, 0.25) is 5.02 Å². The summed E-state index contributed by atoms with van der Waals surface area (Å²) in [5.74, 6) is 0.507. The largest absolute Gasteiger partial charge is 0.495 e. The number of nitrogens with one attached hydrogen (secondary N) is 3. The van der Waals surface area contributed by atoms with Gasteiger partial charge in [0.15, 0.2) is 6.04 Å². The molecule has 0 radical (unpaired) electrons. The molecule has 1 fully saturated rings. The van der Waals surface area contributed by atoms with Crippen LogP contribution in [0.1, 0.15) is 19.8 Å². The molecular formula is C22H27ClN3O3+. The van der Waals surface area contributed by atoms with Crippen LogP contribution in [0.5, 0.6) is 5.75 Å². The molecule has 3 N–H and O–H groups in total. The van der Waals surface area contributed by atoms with Crippen LogP contribution in [0.4, 0.5) is 11.4 Å². The van der Waals surface area contributed by atoms with Gasteiger partial charge in [0.05, 0.1) is 25.9 Å². The number of likely N-dealkylation sites (tertiary alicyclic amines) is 1. The van der Waals surface area contributed by atoms with E-state index in [-0.39, 0.29) is 23.8 Å². The van der Waals surface area contributed by atoms with Gasteiger partial charge < -0.3 is 20.3 Å². The zero-order valence-corrected chi connectivity index (χ0v) is 17.5. The van der Waals surface area contributed by atoms with Crippen molar-refractivity contribution in [3.8, 4) is 5.75 Å². The molecule has 2 amide bonds. The van der Waals surface area contributed by atoms with Crippen molar-refractivity contribution in [3.05, 3.63) is 53.6 Å². The highest BCUT2D eigenvalue weighted by molar-refractivity contribution is 6.31. The monoisotopic (exact) mass is 416 g/mol. The number of hydrogen-bond donors (Lipinski definition) is 3. The predicted molar refractivity (Wildman–Crippen MR) is 115 cm³/mol. The normalized spacial score (nSPS) is 19.8. The second kappa shape index (κ2) is 9.76. The number of piperidine rings is 1. The fourth-order valence-electron chi connectivity index (χ4n) is 3.65. The van der Waals surface area contributed by atoms with Crippen molar-refractivity contribution in [1.29, 1.82) is 0 Å². The summed E-state index contributed by atoms with van der Waals surface area (Å²) in [6, 6.07) is 14.4. The smallest absolute Gasteiger partial charge is 0.282 e. The van der Waals surface area contributed by atoms with Gasteiger partial charge in [0.25, 0.3) is 5.91 Å². The molecule has 6 nitrogen and oxygen atoms in total. The van der Waals surface area contributed by atoms with Crippen LogP contribution < -0.4 is 20.3 Å². The average Bonchev–Trinajstić information content (AvgIpc) is 2.74. The maximum atomic E-state index is 12.7. The third-order valence-corrected chi connectivity index (χ3v) is 5.70. The number of hydrogen-bond acceptors (Lipinski definition) is 3. The number of methoxy groups -OCH3 is 1. The Balaban J connectivity index is 1.53. The summed E-state index contributed by atoms with van der Waals surface area (Å²) in [7, 11) is 1.55. The highest BCUT2D eigenvalue weighted by Crippen LogP contribution is 2.27. The number of carbonyl (C=O) groups is 2. The van der Waals surface area contributed by atoms with Gasteiger partial charge in [-0.2, -0.15) is 0 Å². The fraction of sp³-hybridized carbons (Fsp3) is 0.364. The quantitative estimate of drug-likeness (QED) is 0.677. The van der Waals surface area contributed by atoms with Crippen LogP contribution in [0, 0.1) is 5.92 Å². The Morgan fingerprint density at radius 1 is 1.10 bits per heavy atom. The zero-order valence-electron chi connectivity index (χ0n) is 16.7. The minimum Gasteiger partial charge on any atom is -0.495 e. The number of carbonyl (C=O) groups excluding carboxylic acids is 2. The van der Waals surface area contributed by atoms with Gasteiger partial charge in [-0.3, -0.25) is 9.59 Å². The molecule has 7 heteroatoms. The molecule has 0 unspecified atom stereocenters. The minimum atomic E-state index is -0.239. The molecule has 0 bridgehead atoms. The second-order valence-corrected chi connectivity index (χ2v) is 7.78. The van der Waals surface area contributed by atoms with Gasteiger partial charge in [0, 0.05) is 29.5 Å². The molecule has 0 aromatic heterocycles. The number of rotatable bonds is 6. The summed E-state index contributed by atoms with van der Waals surface area (Å²) in [6.07, 6.45) is 1.51. The number of para-hydroxylation sites is 1. The summed E-state index contributed by atoms with van der Waals surface area (Å²) in [6.45, 7) is 3.45. The molecule has 29 heavy (non-hydrogen) atoms. The molecule has 0 aliphatic carbocycles. The highest BCUT2D eigenvalue weighted by Gasteiger charge is 2.33. The van der Waals surface area contributed by atoms with Crippen LogP contribution in [0.25, 0.3) is 0 Å². The van der Waals surface area contributed by atoms with E-state index in [9.17, 15) is 9.59 Å². The van der Waals surface area contributed by atoms with Crippen LogP contribution in [-0.2, 0) is 9.59 Å². The molecule has 1 aliphatic rings. The summed E-state index contributed by atoms with van der Waals surface area (Å²) < 4.78 is 5.29. The predicted octanol–water partition coefficient (Wildman–Crippen LogP) is 2.61. The van der Waals surface area contributed by atoms with Crippen LogP contribution in [-0.4, -0.2) is 38.1 Å². The first-order valence-corrected chi connectivity index (χ1v) is 10.2. The van der Waals surface area contributed by atoms with E-state index in [4.69, 9.17) is 16.3 Å². The van der Waals surface area contributed by atoms with Gasteiger partial charge in [0.2, 0.25) is 5.91 Å². The summed E-state index contributed by atoms with van der Waals surface area (Å²) in [5.41, 5.74) is 1.38. The van der Waals surface area contributed by atoms with Gasteiger partial charge in [-0.1, -0.05) is 29.8 Å². The van der Waals surface area contributed by atoms with E-state index in [1.54, 1.807) is 25.3 Å². The Morgan fingerprint density at radius 2 is 1.79 bits per heavy atom. The van der Waals surface area contributed by atoms with Gasteiger partial charge in [-0.15, -0.1) is 0 Å². The lowest BCUT2D eigenvalue weighted by atomic mass is 9.94. The number of halogens is 1. The minimum absolute atomic E-state index is 0.0257. The highest BCUT2D eigenvalue weighted by atomic mass is 35.5. The lowest BCUT2D eigenvalue weighted by molar-refractivity contribution is -0.919. The number of anilines is 2. The maximum absolute atomic E-state index is 12.7. The Hall–Kier alpha value is -2.57. The van der Waals surface area contributed by atoms with Gasteiger partial charge in [-0.25, -0.2) is 0 Å². The molecule has 154 valence electrons. The Labute approximate surface area is 176 Å². The van der Waals surface area contributed by atoms with Crippen molar-refractivity contribution in [1.82, 2.24) is 0 Å². The molecule has 1 aliphatic heterocycles. The van der Waals surface area contributed by atoms with Crippen molar-refractivity contribution in [2.45, 2.75) is 25.8 Å². The SMILES string of the molecule is COc1ccc(Cl)cc1NC(=O)[C@@H](C)[NH+]1CCC(C(=O)Nc2ccccc2)CC1. The first-order chi connectivity index (χ1) is 14.0. The van der Waals surface area contributed by atoms with Crippen molar-refractivity contribution >= 4 is 34.8 Å². The van der Waals surface area contributed by atoms with E-state index in [2.05, 4.69) is 10.6 Å². The Morgan fingerprint density at radius 3 is 2.45 bits per heavy atom. The maximum Gasteiger partial charge on any atom is 0.282 e. The Bertz CT molecular complexity index is 852. The standard InChI is InChI=1S/C22H26ClN3O3/c1-15(21(27)25-19-14-17(23)8-9-20(19)29-2)26-12-10-16(11-13-26)22(28)24-18-6-4-3-5-7-18/h3-9,14-16H,10-13H2,1-2H3,(H,24,28)(H,25,27)/p+1/t15-/m1/s1. The van der Waals surface area contributed by atoms with Crippen molar-refractivity contribution in [2.75, 3.05) is 30.8 Å². The van der Waals surface area contributed by atoms with Crippen LogP contribution in [0.15, 0.2) is 48.5 Å². The molecule has 1 saturated heterocycles. The first-order valence-electron chi connectivity index (χ1n) is 9.83. The first kappa shape index (κ1) is 21.1. The van der Waals surface area contributed by atoms with E-state index >= 15 is 0 Å². The molecular weight excluding hydrogens is 390 g/mol. The summed E-state index contributed by atoms with van der Waals surface area (Å²) >= 11 is 6.04. The molecule has 2 aromatic carbocycles. The van der Waals surface area contributed by atoms with E-state index in [0.717, 1.165) is 31.6 Å². The summed E-state index contributed by atoms with van der Waals surface area (Å²) in [5, 5.41) is 6.43. The molecule has 1 atom stereocenters. The van der Waals surface area contributed by atoms with E-state index in [1.807, 2.05) is 37.3 Å². The number of quaternary nitrogens is 1. The van der Waals surface area contributed by atoms with Gasteiger partial charge >= 0.3 is 0 Å². The average molecular weight is 417 g/mol. The number of benzene rings is 2. The second-order valence-electron chi connectivity index (χ2n) is 7.34. The third kappa shape index (κ3) is 5.49. The third-order valence-electron chi connectivity index (χ3n) is 5.46. The molecule has 2 aromatic rings. The zero-order chi connectivity index (χ0) is 20.8. The van der Waals surface area contributed by atoms with Crippen molar-refractivity contribution < 1.29 is 19.2 Å². The number of ether oxygens (including phenoxy) is 1. The fourth-order valence-corrected chi connectivity index (χ4v) is 3.83. The van der Waals surface area contributed by atoms with Gasteiger partial charge in [-0.05, 0) is 37.3 Å². The molecule has 3 rings (SSSR count). The van der Waals surface area contributed by atoms with Crippen LogP contribution >= 0.6 is 11.6 Å². The van der Waals surface area contributed by atoms with E-state index in [0.29, 0.717) is 16.5 Å². The lowest BCUT2D eigenvalue weighted by Crippen LogP contribution is -3.17. The van der Waals surface area contributed by atoms with Crippen molar-refractivity contribution in [3.63, 3.8) is 0 Å². The van der Waals surface area contributed by atoms with E-state index in [1.165, 1.54) is 4.90 Å². The van der Waals surface area contributed by atoms with E-state index < -0.39 is 0 Å². The topological polar surface area (TPSA) is 71.9 Å². The van der Waals surface area contributed by atoms with Crippen LogP contribution in [0.3, 0.4) is 0 Å². The number of amides is 2. The lowest BCUT2D eigenvalue weighted by Gasteiger charge is -2.32. The molecule has 1 heterocycles. The summed E-state index contributed by atoms with van der Waals surface area (Å²) in [4.78, 5) is 26.4. The van der Waals surface area contributed by atoms with Gasteiger partial charge in [0.1, 0.15) is 5.75 Å². The van der Waals surface area contributed by atoms with Crippen molar-refractivity contribution in [2.24, 2.45) is 5.92 Å².